The van der Waals surface area contributed by atoms with Crippen LogP contribution in [0.1, 0.15) is 44.8 Å². The molecular formula is C23H21IN2O2. The van der Waals surface area contributed by atoms with Gasteiger partial charge in [-0.3, -0.25) is 9.59 Å². The van der Waals surface area contributed by atoms with Crippen LogP contribution in [-0.4, -0.2) is 11.8 Å². The van der Waals surface area contributed by atoms with Crippen molar-refractivity contribution in [1.82, 2.24) is 5.32 Å². The van der Waals surface area contributed by atoms with E-state index in [9.17, 15) is 9.59 Å². The van der Waals surface area contributed by atoms with Gasteiger partial charge in [-0.15, -0.1) is 0 Å². The Kier molecular flexibility index (Phi) is 6.46. The van der Waals surface area contributed by atoms with E-state index in [0.29, 0.717) is 16.8 Å². The molecule has 0 aliphatic carbocycles. The summed E-state index contributed by atoms with van der Waals surface area (Å²) < 4.78 is 1.05. The highest BCUT2D eigenvalue weighted by Gasteiger charge is 2.12. The average Bonchev–Trinajstić information content (AvgIpc) is 2.71. The summed E-state index contributed by atoms with van der Waals surface area (Å²) in [7, 11) is 0. The third kappa shape index (κ3) is 4.98. The molecule has 1 atom stereocenters. The maximum atomic E-state index is 12.5. The second-order valence-corrected chi connectivity index (χ2v) is 7.76. The Balaban J connectivity index is 1.63. The molecule has 0 aliphatic rings. The number of aryl methyl sites for hydroxylation is 1. The van der Waals surface area contributed by atoms with Gasteiger partial charge in [0.1, 0.15) is 0 Å². The van der Waals surface area contributed by atoms with Crippen LogP contribution in [-0.2, 0) is 0 Å². The van der Waals surface area contributed by atoms with Crippen molar-refractivity contribution in [3.63, 3.8) is 0 Å². The number of carbonyl (C=O) groups excluding carboxylic acids is 2. The summed E-state index contributed by atoms with van der Waals surface area (Å²) in [5.74, 6) is -0.324. The molecule has 3 aromatic carbocycles. The van der Waals surface area contributed by atoms with Crippen LogP contribution in [0.5, 0.6) is 0 Å². The second kappa shape index (κ2) is 9.01. The minimum Gasteiger partial charge on any atom is -0.346 e. The number of anilines is 1. The van der Waals surface area contributed by atoms with Crippen LogP contribution in [0.4, 0.5) is 5.69 Å². The maximum absolute atomic E-state index is 12.5. The molecule has 28 heavy (non-hydrogen) atoms. The molecule has 5 heteroatoms. The zero-order chi connectivity index (χ0) is 20.1. The summed E-state index contributed by atoms with van der Waals surface area (Å²) in [4.78, 5) is 24.9. The minimum absolute atomic E-state index is 0.0860. The maximum Gasteiger partial charge on any atom is 0.255 e. The Labute approximate surface area is 178 Å². The van der Waals surface area contributed by atoms with Crippen molar-refractivity contribution in [2.75, 3.05) is 5.32 Å². The SMILES string of the molecule is Cc1ccc(C(=O)Nc2ccc(C(=O)NC(C)c3ccccc3)cc2)cc1I. The molecule has 2 N–H and O–H groups in total. The summed E-state index contributed by atoms with van der Waals surface area (Å²) in [5.41, 5.74) is 3.98. The lowest BCUT2D eigenvalue weighted by Crippen LogP contribution is -2.26. The zero-order valence-electron chi connectivity index (χ0n) is 15.7. The van der Waals surface area contributed by atoms with Gasteiger partial charge >= 0.3 is 0 Å². The van der Waals surface area contributed by atoms with Crippen LogP contribution in [0.25, 0.3) is 0 Å². The highest BCUT2D eigenvalue weighted by Crippen LogP contribution is 2.17. The molecule has 3 rings (SSSR count). The van der Waals surface area contributed by atoms with E-state index in [0.717, 1.165) is 14.7 Å². The van der Waals surface area contributed by atoms with Crippen molar-refractivity contribution in [3.05, 3.63) is 98.6 Å². The Morgan fingerprint density at radius 3 is 2.14 bits per heavy atom. The van der Waals surface area contributed by atoms with Crippen molar-refractivity contribution in [2.45, 2.75) is 19.9 Å². The monoisotopic (exact) mass is 484 g/mol. The number of hydrogen-bond donors (Lipinski definition) is 2. The summed E-state index contributed by atoms with van der Waals surface area (Å²) in [6.45, 7) is 3.96. The topological polar surface area (TPSA) is 58.2 Å². The van der Waals surface area contributed by atoms with Crippen LogP contribution in [0.2, 0.25) is 0 Å². The number of nitrogens with one attached hydrogen (secondary N) is 2. The molecule has 142 valence electrons. The van der Waals surface area contributed by atoms with Crippen LogP contribution in [0.15, 0.2) is 72.8 Å². The van der Waals surface area contributed by atoms with E-state index in [4.69, 9.17) is 0 Å². The largest absolute Gasteiger partial charge is 0.346 e. The first-order valence-corrected chi connectivity index (χ1v) is 10.1. The Morgan fingerprint density at radius 1 is 0.857 bits per heavy atom. The van der Waals surface area contributed by atoms with Gasteiger partial charge in [-0.2, -0.15) is 0 Å². The summed E-state index contributed by atoms with van der Waals surface area (Å²) in [5, 5.41) is 5.85. The predicted molar refractivity (Wildman–Crippen MR) is 121 cm³/mol. The Hall–Kier alpha value is -2.67. The number of halogens is 1. The fraction of sp³-hybridized carbons (Fsp3) is 0.130. The molecule has 0 fully saturated rings. The molecule has 0 saturated heterocycles. The van der Waals surface area contributed by atoms with Crippen LogP contribution >= 0.6 is 22.6 Å². The third-order valence-corrected chi connectivity index (χ3v) is 5.65. The molecule has 0 aromatic heterocycles. The summed E-state index contributed by atoms with van der Waals surface area (Å²) in [6.07, 6.45) is 0. The molecule has 0 bridgehead atoms. The molecular weight excluding hydrogens is 463 g/mol. The molecule has 4 nitrogen and oxygen atoms in total. The lowest BCUT2D eigenvalue weighted by molar-refractivity contribution is 0.0939. The van der Waals surface area contributed by atoms with Gasteiger partial charge in [0, 0.05) is 20.4 Å². The number of hydrogen-bond acceptors (Lipinski definition) is 2. The number of rotatable bonds is 5. The normalized spacial score (nSPS) is 11.5. The van der Waals surface area contributed by atoms with E-state index in [1.807, 2.05) is 56.3 Å². The first-order chi connectivity index (χ1) is 13.4. The van der Waals surface area contributed by atoms with E-state index >= 15 is 0 Å². The standard InChI is InChI=1S/C23H21IN2O2/c1-15-8-9-19(14-21(15)24)23(28)26-20-12-10-18(11-13-20)22(27)25-16(2)17-6-4-3-5-7-17/h3-14,16H,1-2H3,(H,25,27)(H,26,28). The van der Waals surface area contributed by atoms with Crippen molar-refractivity contribution in [2.24, 2.45) is 0 Å². The van der Waals surface area contributed by atoms with E-state index in [-0.39, 0.29) is 17.9 Å². The average molecular weight is 484 g/mol. The molecule has 2 amide bonds. The van der Waals surface area contributed by atoms with Crippen molar-refractivity contribution in [1.29, 1.82) is 0 Å². The molecule has 0 radical (unpaired) electrons. The van der Waals surface area contributed by atoms with Crippen molar-refractivity contribution in [3.8, 4) is 0 Å². The van der Waals surface area contributed by atoms with Crippen molar-refractivity contribution < 1.29 is 9.59 Å². The minimum atomic E-state index is -0.173. The van der Waals surface area contributed by atoms with Crippen LogP contribution in [0.3, 0.4) is 0 Å². The van der Waals surface area contributed by atoms with Gasteiger partial charge in [0.05, 0.1) is 6.04 Å². The van der Waals surface area contributed by atoms with Gasteiger partial charge in [-0.1, -0.05) is 36.4 Å². The van der Waals surface area contributed by atoms with E-state index < -0.39 is 0 Å². The van der Waals surface area contributed by atoms with Gasteiger partial charge in [-0.05, 0) is 84.0 Å². The lowest BCUT2D eigenvalue weighted by atomic mass is 10.1. The Morgan fingerprint density at radius 2 is 1.50 bits per heavy atom. The molecule has 0 spiro atoms. The van der Waals surface area contributed by atoms with Gasteiger partial charge < -0.3 is 10.6 Å². The molecule has 1 unspecified atom stereocenters. The van der Waals surface area contributed by atoms with Crippen LogP contribution < -0.4 is 10.6 Å². The molecule has 0 heterocycles. The fourth-order valence-corrected chi connectivity index (χ4v) is 3.26. The second-order valence-electron chi connectivity index (χ2n) is 6.60. The van der Waals surface area contributed by atoms with Gasteiger partial charge in [-0.25, -0.2) is 0 Å². The highest BCUT2D eigenvalue weighted by atomic mass is 127. The summed E-state index contributed by atoms with van der Waals surface area (Å²) in [6, 6.07) is 22.2. The predicted octanol–water partition coefficient (Wildman–Crippen LogP) is 5.34. The fourth-order valence-electron chi connectivity index (χ4n) is 2.75. The van der Waals surface area contributed by atoms with Crippen molar-refractivity contribution >= 4 is 40.1 Å². The third-order valence-electron chi connectivity index (χ3n) is 4.49. The van der Waals surface area contributed by atoms with Gasteiger partial charge in [0.2, 0.25) is 0 Å². The smallest absolute Gasteiger partial charge is 0.255 e. The zero-order valence-corrected chi connectivity index (χ0v) is 17.9. The lowest BCUT2D eigenvalue weighted by Gasteiger charge is -2.14. The van der Waals surface area contributed by atoms with E-state index in [1.165, 1.54) is 0 Å². The van der Waals surface area contributed by atoms with E-state index in [2.05, 4.69) is 33.2 Å². The molecule has 3 aromatic rings. The van der Waals surface area contributed by atoms with E-state index in [1.54, 1.807) is 30.3 Å². The first-order valence-electron chi connectivity index (χ1n) is 8.97. The van der Waals surface area contributed by atoms with Crippen LogP contribution in [0, 0.1) is 10.5 Å². The number of benzene rings is 3. The number of amides is 2. The molecule has 0 saturated carbocycles. The quantitative estimate of drug-likeness (QED) is 0.481. The van der Waals surface area contributed by atoms with Gasteiger partial charge in [0.25, 0.3) is 11.8 Å². The molecule has 0 aliphatic heterocycles. The first kappa shape index (κ1) is 20.1. The Bertz CT molecular complexity index is 985. The number of carbonyl (C=O) groups is 2. The van der Waals surface area contributed by atoms with Gasteiger partial charge in [0.15, 0.2) is 0 Å². The summed E-state index contributed by atoms with van der Waals surface area (Å²) >= 11 is 2.21. The highest BCUT2D eigenvalue weighted by molar-refractivity contribution is 14.1.